The molecule has 0 saturated carbocycles. The molecule has 292 valence electrons. The van der Waals surface area contributed by atoms with Gasteiger partial charge in [-0.3, -0.25) is 13.8 Å². The van der Waals surface area contributed by atoms with Gasteiger partial charge >= 0.3 is 7.82 Å². The van der Waals surface area contributed by atoms with Crippen LogP contribution in [0.4, 0.5) is 0 Å². The van der Waals surface area contributed by atoms with E-state index < -0.39 is 32.7 Å². The fourth-order valence-corrected chi connectivity index (χ4v) is 6.52. The lowest BCUT2D eigenvalue weighted by Crippen LogP contribution is -2.51. The summed E-state index contributed by atoms with van der Waals surface area (Å²) in [6, 6.07) is -1.04. The van der Waals surface area contributed by atoms with Gasteiger partial charge in [-0.2, -0.15) is 0 Å². The number of carbonyl (C=O) groups excluding carboxylic acids is 1. The number of hydrogen-bond donors (Lipinski definition) is 4. The number of phosphoric ester groups is 1. The van der Waals surface area contributed by atoms with E-state index in [1.165, 1.54) is 109 Å². The zero-order chi connectivity index (χ0) is 36.6. The first-order valence-electron chi connectivity index (χ1n) is 20.1. The molecular formula is C39H80N2O7P+. The molecule has 4 N–H and O–H groups in total. The summed E-state index contributed by atoms with van der Waals surface area (Å²) in [4.78, 5) is 23.0. The average molecular weight is 720 g/mol. The van der Waals surface area contributed by atoms with Gasteiger partial charge in [-0.25, -0.2) is 4.57 Å². The monoisotopic (exact) mass is 720 g/mol. The third-order valence-corrected chi connectivity index (χ3v) is 10.1. The molecule has 4 atom stereocenters. The number of rotatable bonds is 36. The highest BCUT2D eigenvalue weighted by atomic mass is 31.2. The molecule has 0 spiro atoms. The van der Waals surface area contributed by atoms with Gasteiger partial charge < -0.3 is 24.9 Å². The summed E-state index contributed by atoms with van der Waals surface area (Å²) in [6.07, 6.45) is 29.8. The second-order valence-electron chi connectivity index (χ2n) is 15.1. The van der Waals surface area contributed by atoms with Crippen LogP contribution in [0.25, 0.3) is 0 Å². The van der Waals surface area contributed by atoms with Gasteiger partial charge in [0.25, 0.3) is 0 Å². The third kappa shape index (κ3) is 32.8. The van der Waals surface area contributed by atoms with Crippen molar-refractivity contribution in [2.45, 2.75) is 193 Å². The smallest absolute Gasteiger partial charge is 0.390 e. The summed E-state index contributed by atoms with van der Waals surface area (Å²) in [5.74, 6) is -0.269. The van der Waals surface area contributed by atoms with Gasteiger partial charge in [0.15, 0.2) is 0 Å². The van der Waals surface area contributed by atoms with E-state index in [1.807, 2.05) is 21.1 Å². The number of hydrogen-bond acceptors (Lipinski definition) is 6. The standard InChI is InChI=1S/C39H79N2O7P/c1-6-8-10-12-14-16-18-20-22-24-26-28-30-32-38(43)40-36(35-48-49(45,46)47-34-33-41(3,4)5)39(44)37(42)31-29-27-25-23-21-19-17-15-13-11-9-7-2/h23,25,36-37,39,42,44H,6-22,24,26-35H2,1-5H3,(H-,40,43,45,46)/p+1/b25-23+. The van der Waals surface area contributed by atoms with Crippen molar-refractivity contribution in [1.29, 1.82) is 0 Å². The highest BCUT2D eigenvalue weighted by molar-refractivity contribution is 7.47. The van der Waals surface area contributed by atoms with E-state index in [1.54, 1.807) is 0 Å². The van der Waals surface area contributed by atoms with E-state index in [2.05, 4.69) is 31.3 Å². The molecule has 0 aromatic carbocycles. The lowest BCUT2D eigenvalue weighted by atomic mass is 10.0. The van der Waals surface area contributed by atoms with Crippen molar-refractivity contribution in [1.82, 2.24) is 5.32 Å². The molecule has 0 saturated heterocycles. The number of allylic oxidation sites excluding steroid dienone is 2. The summed E-state index contributed by atoms with van der Waals surface area (Å²) in [5.41, 5.74) is 0. The minimum Gasteiger partial charge on any atom is -0.390 e. The van der Waals surface area contributed by atoms with Crippen LogP contribution in [0.5, 0.6) is 0 Å². The van der Waals surface area contributed by atoms with Crippen molar-refractivity contribution in [3.05, 3.63) is 12.2 Å². The summed E-state index contributed by atoms with van der Waals surface area (Å²) in [5, 5.41) is 24.5. The molecule has 0 radical (unpaired) electrons. The van der Waals surface area contributed by atoms with Gasteiger partial charge in [0, 0.05) is 6.42 Å². The molecule has 49 heavy (non-hydrogen) atoms. The Labute approximate surface area is 302 Å². The third-order valence-electron chi connectivity index (χ3n) is 9.11. The number of phosphoric acid groups is 1. The van der Waals surface area contributed by atoms with E-state index >= 15 is 0 Å². The highest BCUT2D eigenvalue weighted by Crippen LogP contribution is 2.43. The van der Waals surface area contributed by atoms with Crippen LogP contribution in [0.2, 0.25) is 0 Å². The van der Waals surface area contributed by atoms with Crippen molar-refractivity contribution in [2.24, 2.45) is 0 Å². The van der Waals surface area contributed by atoms with Crippen LogP contribution in [0.3, 0.4) is 0 Å². The van der Waals surface area contributed by atoms with E-state index in [9.17, 15) is 24.5 Å². The Hall–Kier alpha value is -0.800. The van der Waals surface area contributed by atoms with Gasteiger partial charge in [-0.05, 0) is 38.5 Å². The predicted octanol–water partition coefficient (Wildman–Crippen LogP) is 9.38. The summed E-state index contributed by atoms with van der Waals surface area (Å²) in [7, 11) is 1.42. The Morgan fingerprint density at radius 3 is 1.63 bits per heavy atom. The molecule has 0 rings (SSSR count). The molecule has 0 aliphatic carbocycles. The number of aliphatic hydroxyl groups excluding tert-OH is 2. The zero-order valence-corrected chi connectivity index (χ0v) is 33.4. The van der Waals surface area contributed by atoms with Crippen molar-refractivity contribution >= 4 is 13.7 Å². The van der Waals surface area contributed by atoms with Gasteiger partial charge in [0.2, 0.25) is 5.91 Å². The first kappa shape index (κ1) is 48.2. The van der Waals surface area contributed by atoms with Crippen LogP contribution in [0, 0.1) is 0 Å². The van der Waals surface area contributed by atoms with E-state index in [4.69, 9.17) is 9.05 Å². The van der Waals surface area contributed by atoms with Crippen LogP contribution in [-0.4, -0.2) is 84.6 Å². The molecule has 4 unspecified atom stereocenters. The lowest BCUT2D eigenvalue weighted by Gasteiger charge is -2.28. The molecular weight excluding hydrogens is 639 g/mol. The normalized spacial score (nSPS) is 15.3. The van der Waals surface area contributed by atoms with Gasteiger partial charge in [0.1, 0.15) is 19.3 Å². The van der Waals surface area contributed by atoms with E-state index in [0.717, 1.165) is 32.1 Å². The molecule has 10 heteroatoms. The van der Waals surface area contributed by atoms with Crippen molar-refractivity contribution in [3.63, 3.8) is 0 Å². The van der Waals surface area contributed by atoms with Gasteiger partial charge in [-0.15, -0.1) is 0 Å². The van der Waals surface area contributed by atoms with E-state index in [0.29, 0.717) is 23.9 Å². The topological polar surface area (TPSA) is 125 Å². The summed E-state index contributed by atoms with van der Waals surface area (Å²) in [6.45, 7) is 4.56. The predicted molar refractivity (Wildman–Crippen MR) is 204 cm³/mol. The first-order chi connectivity index (χ1) is 23.4. The molecule has 0 bridgehead atoms. The van der Waals surface area contributed by atoms with Crippen LogP contribution < -0.4 is 5.32 Å². The Bertz CT molecular complexity index is 837. The minimum absolute atomic E-state index is 0.0189. The molecule has 0 aromatic heterocycles. The Morgan fingerprint density at radius 2 is 1.14 bits per heavy atom. The number of unbranched alkanes of at least 4 members (excludes halogenated alkanes) is 20. The molecule has 0 aromatic rings. The summed E-state index contributed by atoms with van der Waals surface area (Å²) < 4.78 is 23.4. The Morgan fingerprint density at radius 1 is 0.694 bits per heavy atom. The maximum Gasteiger partial charge on any atom is 0.472 e. The zero-order valence-electron chi connectivity index (χ0n) is 32.6. The van der Waals surface area contributed by atoms with Crippen molar-refractivity contribution in [3.8, 4) is 0 Å². The fraction of sp³-hybridized carbons (Fsp3) is 0.923. The molecule has 0 aliphatic heterocycles. The Balaban J connectivity index is 4.62. The number of aliphatic hydroxyl groups is 2. The quantitative estimate of drug-likeness (QED) is 0.0220. The number of nitrogens with one attached hydrogen (secondary N) is 1. The second kappa shape index (κ2) is 31.9. The van der Waals surface area contributed by atoms with Gasteiger partial charge in [-0.1, -0.05) is 142 Å². The highest BCUT2D eigenvalue weighted by Gasteiger charge is 2.31. The summed E-state index contributed by atoms with van der Waals surface area (Å²) >= 11 is 0. The van der Waals surface area contributed by atoms with Gasteiger partial charge in [0.05, 0.1) is 39.9 Å². The molecule has 1 amide bonds. The molecule has 0 heterocycles. The number of amides is 1. The molecule has 0 fully saturated rings. The Kier molecular flexibility index (Phi) is 31.4. The molecule has 9 nitrogen and oxygen atoms in total. The lowest BCUT2D eigenvalue weighted by molar-refractivity contribution is -0.870. The van der Waals surface area contributed by atoms with Crippen LogP contribution in [0.15, 0.2) is 12.2 Å². The largest absolute Gasteiger partial charge is 0.472 e. The van der Waals surface area contributed by atoms with E-state index in [-0.39, 0.29) is 18.9 Å². The first-order valence-corrected chi connectivity index (χ1v) is 21.6. The maximum atomic E-state index is 12.8. The van der Waals surface area contributed by atoms with Crippen LogP contribution >= 0.6 is 7.82 Å². The van der Waals surface area contributed by atoms with Crippen LogP contribution in [0.1, 0.15) is 174 Å². The fourth-order valence-electron chi connectivity index (χ4n) is 5.79. The SMILES string of the molecule is CCCCCCCCC/C=C/CCCC(O)C(O)C(COP(=O)(O)OCC[N+](C)(C)C)NC(=O)CCCCCCCCCCCCCCC. The van der Waals surface area contributed by atoms with Crippen molar-refractivity contribution < 1.29 is 38.0 Å². The number of nitrogens with zero attached hydrogens (tertiary/aromatic N) is 1. The number of carbonyl (C=O) groups is 1. The second-order valence-corrected chi connectivity index (χ2v) is 16.6. The molecule has 0 aliphatic rings. The average Bonchev–Trinajstić information content (AvgIpc) is 3.04. The van der Waals surface area contributed by atoms with Crippen LogP contribution in [-0.2, 0) is 18.4 Å². The minimum atomic E-state index is -4.41. The van der Waals surface area contributed by atoms with Crippen molar-refractivity contribution in [2.75, 3.05) is 40.9 Å². The number of likely N-dealkylation sites (N-methyl/N-ethyl adjacent to an activating group) is 1. The number of quaternary nitrogens is 1. The maximum absolute atomic E-state index is 12.8.